The molecule has 0 radical (unpaired) electrons. The fraction of sp³-hybridized carbons (Fsp3) is 0.625. The highest BCUT2D eigenvalue weighted by molar-refractivity contribution is 5.94. The summed E-state index contributed by atoms with van der Waals surface area (Å²) in [4.78, 5) is 20.9. The van der Waals surface area contributed by atoms with Crippen molar-refractivity contribution in [3.63, 3.8) is 0 Å². The molecule has 1 aromatic rings. The van der Waals surface area contributed by atoms with Crippen LogP contribution in [0.5, 0.6) is 5.88 Å². The van der Waals surface area contributed by atoms with Crippen molar-refractivity contribution in [2.75, 3.05) is 46.9 Å². The average molecular weight is 306 g/mol. The second-order valence-electron chi connectivity index (χ2n) is 5.82. The quantitative estimate of drug-likeness (QED) is 0.844. The molecular weight excluding hydrogens is 280 g/mol. The highest BCUT2D eigenvalue weighted by atomic mass is 16.5. The first-order chi connectivity index (χ1) is 10.6. The molecule has 0 unspecified atom stereocenters. The van der Waals surface area contributed by atoms with Gasteiger partial charge in [-0.15, -0.1) is 0 Å². The molecule has 1 amide bonds. The van der Waals surface area contributed by atoms with Crippen molar-refractivity contribution < 1.29 is 9.53 Å². The summed E-state index contributed by atoms with van der Waals surface area (Å²) >= 11 is 0. The Bertz CT molecular complexity index is 487. The van der Waals surface area contributed by atoms with E-state index in [1.807, 2.05) is 0 Å². The van der Waals surface area contributed by atoms with Crippen molar-refractivity contribution in [3.8, 4) is 5.88 Å². The number of ether oxygens (including phenoxy) is 1. The van der Waals surface area contributed by atoms with Crippen LogP contribution >= 0.6 is 0 Å². The Kier molecular flexibility index (Phi) is 6.15. The summed E-state index contributed by atoms with van der Waals surface area (Å²) in [6, 6.07) is 3.84. The van der Waals surface area contributed by atoms with Gasteiger partial charge in [0.2, 0.25) is 5.88 Å². The average Bonchev–Trinajstić information content (AvgIpc) is 2.55. The van der Waals surface area contributed by atoms with Gasteiger partial charge in [0.1, 0.15) is 0 Å². The van der Waals surface area contributed by atoms with Gasteiger partial charge < -0.3 is 15.0 Å². The molecule has 1 fully saturated rings. The number of rotatable bonds is 6. The molecule has 0 bridgehead atoms. The fourth-order valence-corrected chi connectivity index (χ4v) is 2.60. The summed E-state index contributed by atoms with van der Waals surface area (Å²) in [5, 5.41) is 2.97. The molecule has 6 nitrogen and oxygen atoms in total. The number of carbonyl (C=O) groups excluding carboxylic acids is 1. The van der Waals surface area contributed by atoms with Crippen LogP contribution in [0.2, 0.25) is 0 Å². The summed E-state index contributed by atoms with van der Waals surface area (Å²) in [5.74, 6) is 0.379. The number of carbonyl (C=O) groups is 1. The Balaban J connectivity index is 1.74. The van der Waals surface area contributed by atoms with E-state index < -0.39 is 0 Å². The Morgan fingerprint density at radius 2 is 2.14 bits per heavy atom. The number of aromatic nitrogens is 1. The third-order valence-electron chi connectivity index (χ3n) is 4.22. The molecule has 1 atom stereocenters. The zero-order valence-electron chi connectivity index (χ0n) is 13.7. The molecule has 2 heterocycles. The van der Waals surface area contributed by atoms with Crippen LogP contribution in [0.4, 0.5) is 0 Å². The molecule has 0 aliphatic carbocycles. The smallest absolute Gasteiger partial charge is 0.251 e. The highest BCUT2D eigenvalue weighted by Crippen LogP contribution is 2.09. The molecule has 2 rings (SSSR count). The van der Waals surface area contributed by atoms with Gasteiger partial charge >= 0.3 is 0 Å². The first-order valence-electron chi connectivity index (χ1n) is 7.81. The number of methoxy groups -OCH3 is 1. The number of hydrogen-bond acceptors (Lipinski definition) is 5. The Morgan fingerprint density at radius 1 is 1.41 bits per heavy atom. The van der Waals surface area contributed by atoms with Gasteiger partial charge in [0.05, 0.1) is 7.11 Å². The van der Waals surface area contributed by atoms with Crippen LogP contribution < -0.4 is 10.1 Å². The van der Waals surface area contributed by atoms with E-state index in [9.17, 15) is 4.79 Å². The fourth-order valence-electron chi connectivity index (χ4n) is 2.60. The van der Waals surface area contributed by atoms with Crippen LogP contribution in [-0.4, -0.2) is 73.6 Å². The zero-order valence-corrected chi connectivity index (χ0v) is 13.7. The largest absolute Gasteiger partial charge is 0.481 e. The number of hydrogen-bond donors (Lipinski definition) is 1. The molecule has 22 heavy (non-hydrogen) atoms. The van der Waals surface area contributed by atoms with Crippen LogP contribution in [0.25, 0.3) is 0 Å². The van der Waals surface area contributed by atoms with E-state index in [4.69, 9.17) is 4.74 Å². The van der Waals surface area contributed by atoms with Crippen LogP contribution in [0.1, 0.15) is 23.7 Å². The first-order valence-corrected chi connectivity index (χ1v) is 7.81. The number of pyridine rings is 1. The highest BCUT2D eigenvalue weighted by Gasteiger charge is 2.18. The maximum atomic E-state index is 12.1. The molecule has 0 spiro atoms. The molecule has 0 aromatic carbocycles. The van der Waals surface area contributed by atoms with E-state index in [0.29, 0.717) is 24.0 Å². The molecule has 1 aliphatic rings. The predicted molar refractivity (Wildman–Crippen MR) is 86.3 cm³/mol. The van der Waals surface area contributed by atoms with Crippen molar-refractivity contribution in [1.82, 2.24) is 20.1 Å². The zero-order chi connectivity index (χ0) is 15.9. The Hall–Kier alpha value is -1.66. The van der Waals surface area contributed by atoms with E-state index >= 15 is 0 Å². The van der Waals surface area contributed by atoms with Crippen LogP contribution in [0, 0.1) is 0 Å². The molecule has 1 saturated heterocycles. The van der Waals surface area contributed by atoms with Gasteiger partial charge in [-0.25, -0.2) is 4.98 Å². The molecule has 6 heteroatoms. The van der Waals surface area contributed by atoms with E-state index in [2.05, 4.69) is 34.1 Å². The molecule has 0 saturated carbocycles. The second-order valence-corrected chi connectivity index (χ2v) is 5.82. The SMILES string of the molecule is COc1cc(C(=O)NCC[C@H](C)N2CCN(C)CC2)ccn1. The van der Waals surface area contributed by atoms with E-state index in [-0.39, 0.29) is 5.91 Å². The first kappa shape index (κ1) is 16.7. The number of piperazine rings is 1. The number of amides is 1. The van der Waals surface area contributed by atoms with Crippen molar-refractivity contribution in [2.24, 2.45) is 0 Å². The van der Waals surface area contributed by atoms with E-state index in [1.54, 1.807) is 25.4 Å². The van der Waals surface area contributed by atoms with Gasteiger partial charge in [-0.3, -0.25) is 9.69 Å². The van der Waals surface area contributed by atoms with Gasteiger partial charge in [-0.1, -0.05) is 0 Å². The maximum absolute atomic E-state index is 12.1. The third kappa shape index (κ3) is 4.68. The lowest BCUT2D eigenvalue weighted by Gasteiger charge is -2.36. The topological polar surface area (TPSA) is 57.7 Å². The minimum Gasteiger partial charge on any atom is -0.481 e. The minimum atomic E-state index is -0.0775. The molecule has 122 valence electrons. The summed E-state index contributed by atoms with van der Waals surface area (Å²) in [6.45, 7) is 7.35. The number of nitrogens with zero attached hydrogens (tertiary/aromatic N) is 3. The summed E-state index contributed by atoms with van der Waals surface area (Å²) in [6.07, 6.45) is 2.54. The van der Waals surface area contributed by atoms with Crippen LogP contribution in [-0.2, 0) is 0 Å². The van der Waals surface area contributed by atoms with E-state index in [1.165, 1.54) is 0 Å². The summed E-state index contributed by atoms with van der Waals surface area (Å²) in [5.41, 5.74) is 0.583. The molecular formula is C16H26N4O2. The van der Waals surface area contributed by atoms with Crippen molar-refractivity contribution in [1.29, 1.82) is 0 Å². The Morgan fingerprint density at radius 3 is 2.82 bits per heavy atom. The second kappa shape index (κ2) is 8.10. The molecule has 1 aromatic heterocycles. The van der Waals surface area contributed by atoms with Gasteiger partial charge in [0.15, 0.2) is 0 Å². The third-order valence-corrected chi connectivity index (χ3v) is 4.22. The van der Waals surface area contributed by atoms with Gasteiger partial charge in [-0.05, 0) is 26.5 Å². The van der Waals surface area contributed by atoms with Gasteiger partial charge in [-0.2, -0.15) is 0 Å². The van der Waals surface area contributed by atoms with E-state index in [0.717, 1.165) is 32.6 Å². The lowest BCUT2D eigenvalue weighted by Crippen LogP contribution is -2.48. The van der Waals surface area contributed by atoms with Crippen molar-refractivity contribution >= 4 is 5.91 Å². The normalized spacial score (nSPS) is 18.0. The standard InChI is InChI=1S/C16H26N4O2/c1-13(20-10-8-19(2)9-11-20)4-6-18-16(21)14-5-7-17-15(12-14)22-3/h5,7,12-13H,4,6,8-11H2,1-3H3,(H,18,21)/t13-/m0/s1. The summed E-state index contributed by atoms with van der Waals surface area (Å²) < 4.78 is 5.03. The summed E-state index contributed by atoms with van der Waals surface area (Å²) in [7, 11) is 3.70. The van der Waals surface area contributed by atoms with Gasteiger partial charge in [0.25, 0.3) is 5.91 Å². The van der Waals surface area contributed by atoms with Crippen molar-refractivity contribution in [2.45, 2.75) is 19.4 Å². The predicted octanol–water partition coefficient (Wildman–Crippen LogP) is 0.846. The minimum absolute atomic E-state index is 0.0775. The van der Waals surface area contributed by atoms with Crippen LogP contribution in [0.3, 0.4) is 0 Å². The number of nitrogens with one attached hydrogen (secondary N) is 1. The lowest BCUT2D eigenvalue weighted by molar-refractivity contribution is 0.0934. The van der Waals surface area contributed by atoms with Crippen LogP contribution in [0.15, 0.2) is 18.3 Å². The monoisotopic (exact) mass is 306 g/mol. The molecule has 1 aliphatic heterocycles. The number of likely N-dealkylation sites (N-methyl/N-ethyl adjacent to an activating group) is 1. The van der Waals surface area contributed by atoms with Gasteiger partial charge in [0, 0.05) is 56.6 Å². The van der Waals surface area contributed by atoms with Crippen molar-refractivity contribution in [3.05, 3.63) is 23.9 Å². The lowest BCUT2D eigenvalue weighted by atomic mass is 10.1. The molecule has 1 N–H and O–H groups in total. The maximum Gasteiger partial charge on any atom is 0.251 e. The Labute approximate surface area is 132 Å².